The largest absolute Gasteiger partial charge is 0.354 e. The molecule has 0 aliphatic heterocycles. The summed E-state index contributed by atoms with van der Waals surface area (Å²) in [6, 6.07) is 9.86. The van der Waals surface area contributed by atoms with Gasteiger partial charge in [0.25, 0.3) is 0 Å². The third-order valence-electron chi connectivity index (χ3n) is 4.55. The highest BCUT2D eigenvalue weighted by Gasteiger charge is 2.26. The first-order valence-electron chi connectivity index (χ1n) is 9.75. The molecular formula is C22H24Cl4N2O2S. The smallest absolute Gasteiger partial charge is 0.242 e. The number of carbonyl (C=O) groups excluding carboxylic acids is 2. The van der Waals surface area contributed by atoms with Crippen molar-refractivity contribution in [2.45, 2.75) is 38.6 Å². The lowest BCUT2D eigenvalue weighted by Gasteiger charge is -2.29. The Kier molecular flexibility index (Phi) is 10.8. The predicted octanol–water partition coefficient (Wildman–Crippen LogP) is 6.48. The Morgan fingerprint density at radius 2 is 1.77 bits per heavy atom. The number of thioether (sulfide) groups is 1. The maximum absolute atomic E-state index is 13.1. The standard InChI is InChI=1S/C22H24Cl4N2O2S/c1-3-8-27-22(30)14(2)28(11-16-5-6-17(23)10-19(16)25)21(29)13-31-12-15-4-7-18(24)20(26)9-15/h4-7,9-10,14H,3,8,11-13H2,1-2H3,(H,27,30)/t14-/m1/s1. The van der Waals surface area contributed by atoms with Gasteiger partial charge in [-0.2, -0.15) is 0 Å². The molecule has 0 saturated heterocycles. The lowest BCUT2D eigenvalue weighted by Crippen LogP contribution is -2.48. The molecular weight excluding hydrogens is 498 g/mol. The molecule has 4 nitrogen and oxygen atoms in total. The maximum atomic E-state index is 13.1. The third kappa shape index (κ3) is 8.07. The van der Waals surface area contributed by atoms with E-state index in [9.17, 15) is 9.59 Å². The van der Waals surface area contributed by atoms with Crippen molar-refractivity contribution in [2.24, 2.45) is 0 Å². The molecule has 0 saturated carbocycles. The Hall–Kier alpha value is -1.11. The van der Waals surface area contributed by atoms with E-state index in [2.05, 4.69) is 5.32 Å². The van der Waals surface area contributed by atoms with Crippen LogP contribution in [0.3, 0.4) is 0 Å². The van der Waals surface area contributed by atoms with E-state index in [4.69, 9.17) is 46.4 Å². The second-order valence-corrected chi connectivity index (χ2v) is 9.61. The lowest BCUT2D eigenvalue weighted by atomic mass is 10.1. The molecule has 0 spiro atoms. The monoisotopic (exact) mass is 520 g/mol. The molecule has 2 amide bonds. The average Bonchev–Trinajstić information content (AvgIpc) is 2.73. The van der Waals surface area contributed by atoms with Crippen molar-refractivity contribution in [3.63, 3.8) is 0 Å². The molecule has 168 valence electrons. The lowest BCUT2D eigenvalue weighted by molar-refractivity contribution is -0.138. The topological polar surface area (TPSA) is 49.4 Å². The Morgan fingerprint density at radius 1 is 1.03 bits per heavy atom. The summed E-state index contributed by atoms with van der Waals surface area (Å²) in [5.41, 5.74) is 1.69. The van der Waals surface area contributed by atoms with Crippen LogP contribution in [0, 0.1) is 0 Å². The Labute approximate surface area is 207 Å². The molecule has 0 aliphatic rings. The van der Waals surface area contributed by atoms with Gasteiger partial charge >= 0.3 is 0 Å². The van der Waals surface area contributed by atoms with Gasteiger partial charge in [-0.15, -0.1) is 11.8 Å². The van der Waals surface area contributed by atoms with Crippen molar-refractivity contribution >= 4 is 70.0 Å². The Bertz CT molecular complexity index is 926. The van der Waals surface area contributed by atoms with E-state index in [1.54, 1.807) is 42.2 Å². The SMILES string of the molecule is CCCNC(=O)[C@@H](C)N(Cc1ccc(Cl)cc1Cl)C(=O)CSCc1ccc(Cl)c(Cl)c1. The van der Waals surface area contributed by atoms with Crippen LogP contribution in [0.4, 0.5) is 0 Å². The number of rotatable bonds is 10. The van der Waals surface area contributed by atoms with E-state index in [0.29, 0.717) is 32.4 Å². The number of amides is 2. The van der Waals surface area contributed by atoms with E-state index in [1.165, 1.54) is 11.8 Å². The van der Waals surface area contributed by atoms with Crippen LogP contribution < -0.4 is 5.32 Å². The van der Waals surface area contributed by atoms with Gasteiger partial charge in [0.15, 0.2) is 0 Å². The maximum Gasteiger partial charge on any atom is 0.242 e. The van der Waals surface area contributed by atoms with Gasteiger partial charge < -0.3 is 10.2 Å². The van der Waals surface area contributed by atoms with Gasteiger partial charge in [0.05, 0.1) is 15.8 Å². The molecule has 31 heavy (non-hydrogen) atoms. The highest BCUT2D eigenvalue weighted by Crippen LogP contribution is 2.26. The van der Waals surface area contributed by atoms with Gasteiger partial charge in [-0.25, -0.2) is 0 Å². The molecule has 2 rings (SSSR count). The summed E-state index contributed by atoms with van der Waals surface area (Å²) in [6.07, 6.45) is 0.814. The van der Waals surface area contributed by atoms with E-state index >= 15 is 0 Å². The van der Waals surface area contributed by atoms with Crippen LogP contribution >= 0.6 is 58.2 Å². The van der Waals surface area contributed by atoms with E-state index < -0.39 is 6.04 Å². The molecule has 1 N–H and O–H groups in total. The first kappa shape index (κ1) is 26.1. The second kappa shape index (κ2) is 12.8. The molecule has 0 radical (unpaired) electrons. The summed E-state index contributed by atoms with van der Waals surface area (Å²) in [5, 5.41) is 4.78. The number of benzene rings is 2. The summed E-state index contributed by atoms with van der Waals surface area (Å²) >= 11 is 25.7. The normalized spacial score (nSPS) is 11.8. The fraction of sp³-hybridized carbons (Fsp3) is 0.364. The summed E-state index contributed by atoms with van der Waals surface area (Å²) in [7, 11) is 0. The Morgan fingerprint density at radius 3 is 2.42 bits per heavy atom. The summed E-state index contributed by atoms with van der Waals surface area (Å²) < 4.78 is 0. The summed E-state index contributed by atoms with van der Waals surface area (Å²) in [5.74, 6) is 0.441. The zero-order valence-electron chi connectivity index (χ0n) is 17.3. The number of nitrogens with zero attached hydrogens (tertiary/aromatic N) is 1. The van der Waals surface area contributed by atoms with Crippen molar-refractivity contribution in [3.8, 4) is 0 Å². The van der Waals surface area contributed by atoms with Gasteiger partial charge in [-0.05, 0) is 48.7 Å². The highest BCUT2D eigenvalue weighted by molar-refractivity contribution is 7.99. The first-order valence-corrected chi connectivity index (χ1v) is 12.4. The van der Waals surface area contributed by atoms with Crippen LogP contribution in [-0.4, -0.2) is 35.1 Å². The van der Waals surface area contributed by atoms with Crippen LogP contribution in [0.15, 0.2) is 36.4 Å². The summed E-state index contributed by atoms with van der Waals surface area (Å²) in [4.78, 5) is 27.2. The molecule has 0 heterocycles. The van der Waals surface area contributed by atoms with Crippen LogP contribution in [0.5, 0.6) is 0 Å². The van der Waals surface area contributed by atoms with Crippen molar-refractivity contribution in [1.29, 1.82) is 0 Å². The highest BCUT2D eigenvalue weighted by atomic mass is 35.5. The van der Waals surface area contributed by atoms with E-state index in [0.717, 1.165) is 17.5 Å². The molecule has 0 unspecified atom stereocenters. The fourth-order valence-electron chi connectivity index (χ4n) is 2.78. The van der Waals surface area contributed by atoms with Crippen molar-refractivity contribution in [1.82, 2.24) is 10.2 Å². The van der Waals surface area contributed by atoms with Gasteiger partial charge in [0.1, 0.15) is 6.04 Å². The molecule has 9 heteroatoms. The van der Waals surface area contributed by atoms with Gasteiger partial charge in [-0.1, -0.05) is 65.5 Å². The predicted molar refractivity (Wildman–Crippen MR) is 132 cm³/mol. The number of hydrogen-bond acceptors (Lipinski definition) is 3. The third-order valence-corrected chi connectivity index (χ3v) is 6.87. The number of carbonyl (C=O) groups is 2. The molecule has 0 bridgehead atoms. The molecule has 1 atom stereocenters. The van der Waals surface area contributed by atoms with Crippen molar-refractivity contribution in [2.75, 3.05) is 12.3 Å². The molecule has 0 fully saturated rings. The average molecular weight is 522 g/mol. The zero-order chi connectivity index (χ0) is 23.0. The van der Waals surface area contributed by atoms with Crippen LogP contribution in [-0.2, 0) is 21.9 Å². The minimum atomic E-state index is -0.642. The molecule has 2 aromatic rings. The van der Waals surface area contributed by atoms with E-state index in [1.807, 2.05) is 13.0 Å². The minimum Gasteiger partial charge on any atom is -0.354 e. The molecule has 0 aliphatic carbocycles. The summed E-state index contributed by atoms with van der Waals surface area (Å²) in [6.45, 7) is 4.46. The number of hydrogen-bond donors (Lipinski definition) is 1. The number of halogens is 4. The fourth-order valence-corrected chi connectivity index (χ4v) is 4.43. The van der Waals surface area contributed by atoms with Gasteiger partial charge in [0.2, 0.25) is 11.8 Å². The van der Waals surface area contributed by atoms with E-state index in [-0.39, 0.29) is 24.1 Å². The second-order valence-electron chi connectivity index (χ2n) is 6.97. The van der Waals surface area contributed by atoms with Gasteiger partial charge in [-0.3, -0.25) is 9.59 Å². The minimum absolute atomic E-state index is 0.157. The van der Waals surface area contributed by atoms with Crippen molar-refractivity contribution in [3.05, 3.63) is 67.6 Å². The van der Waals surface area contributed by atoms with Crippen LogP contribution in [0.25, 0.3) is 0 Å². The van der Waals surface area contributed by atoms with Crippen LogP contribution in [0.2, 0.25) is 20.1 Å². The first-order chi connectivity index (χ1) is 14.7. The quantitative estimate of drug-likeness (QED) is 0.389. The Balaban J connectivity index is 2.10. The molecule has 2 aromatic carbocycles. The van der Waals surface area contributed by atoms with Crippen LogP contribution in [0.1, 0.15) is 31.4 Å². The number of nitrogens with one attached hydrogen (secondary N) is 1. The molecule has 0 aromatic heterocycles. The zero-order valence-corrected chi connectivity index (χ0v) is 21.1. The van der Waals surface area contributed by atoms with Crippen molar-refractivity contribution < 1.29 is 9.59 Å². The van der Waals surface area contributed by atoms with Gasteiger partial charge in [0, 0.05) is 28.9 Å².